The average molecular weight is 281 g/mol. The largest absolute Gasteiger partial charge is 0.460 e. The molecule has 0 saturated heterocycles. The summed E-state index contributed by atoms with van der Waals surface area (Å²) >= 11 is 0. The van der Waals surface area contributed by atoms with Gasteiger partial charge in [0.1, 0.15) is 5.60 Å². The van der Waals surface area contributed by atoms with E-state index in [2.05, 4.69) is 5.32 Å². The van der Waals surface area contributed by atoms with Gasteiger partial charge >= 0.3 is 5.97 Å². The first-order chi connectivity index (χ1) is 8.10. The molecule has 0 aliphatic heterocycles. The van der Waals surface area contributed by atoms with Crippen molar-refractivity contribution < 1.29 is 22.5 Å². The molecule has 108 valence electrons. The lowest BCUT2D eigenvalue weighted by Gasteiger charge is -2.19. The minimum absolute atomic E-state index is 0.234. The Morgan fingerprint density at radius 2 is 1.78 bits per heavy atom. The molecule has 2 N–H and O–H groups in total. The van der Waals surface area contributed by atoms with Crippen LogP contribution in [0.5, 0.6) is 0 Å². The molecule has 0 unspecified atom stereocenters. The van der Waals surface area contributed by atoms with E-state index in [4.69, 9.17) is 9.29 Å². The summed E-state index contributed by atoms with van der Waals surface area (Å²) < 4.78 is 34.4. The zero-order valence-corrected chi connectivity index (χ0v) is 12.0. The van der Waals surface area contributed by atoms with E-state index in [0.717, 1.165) is 0 Å². The molecule has 0 aliphatic carbocycles. The van der Waals surface area contributed by atoms with E-state index < -0.39 is 15.7 Å². The van der Waals surface area contributed by atoms with Crippen molar-refractivity contribution in [3.8, 4) is 0 Å². The fourth-order valence-corrected chi connectivity index (χ4v) is 1.76. The van der Waals surface area contributed by atoms with Crippen molar-refractivity contribution in [1.29, 1.82) is 0 Å². The van der Waals surface area contributed by atoms with Crippen molar-refractivity contribution in [1.82, 2.24) is 5.32 Å². The van der Waals surface area contributed by atoms with Gasteiger partial charge in [-0.1, -0.05) is 0 Å². The van der Waals surface area contributed by atoms with Crippen molar-refractivity contribution in [3.63, 3.8) is 0 Å². The molecule has 0 rings (SSSR count). The number of hydrogen-bond acceptors (Lipinski definition) is 5. The van der Waals surface area contributed by atoms with E-state index in [-0.39, 0.29) is 11.7 Å². The van der Waals surface area contributed by atoms with Gasteiger partial charge in [-0.25, -0.2) is 0 Å². The van der Waals surface area contributed by atoms with E-state index in [1.165, 1.54) is 0 Å². The maximum absolute atomic E-state index is 11.3. The van der Waals surface area contributed by atoms with Crippen LogP contribution in [0.25, 0.3) is 0 Å². The zero-order chi connectivity index (χ0) is 14.2. The Labute approximate surface area is 109 Å². The van der Waals surface area contributed by atoms with Gasteiger partial charge in [-0.15, -0.1) is 0 Å². The van der Waals surface area contributed by atoms with Crippen LogP contribution >= 0.6 is 0 Å². The van der Waals surface area contributed by atoms with Crippen molar-refractivity contribution in [2.75, 3.05) is 18.8 Å². The van der Waals surface area contributed by atoms with Gasteiger partial charge in [0.15, 0.2) is 0 Å². The van der Waals surface area contributed by atoms with Gasteiger partial charge in [0, 0.05) is 6.42 Å². The molecule has 0 heterocycles. The molecule has 0 amide bonds. The molecule has 0 aromatic rings. The van der Waals surface area contributed by atoms with Crippen LogP contribution in [0.2, 0.25) is 0 Å². The van der Waals surface area contributed by atoms with Crippen LogP contribution in [-0.2, 0) is 19.6 Å². The molecule has 0 aliphatic rings. The maximum atomic E-state index is 11.3. The third-order valence-electron chi connectivity index (χ3n) is 1.91. The molecule has 0 aromatic heterocycles. The van der Waals surface area contributed by atoms with Crippen LogP contribution in [0.1, 0.15) is 40.0 Å². The molecule has 18 heavy (non-hydrogen) atoms. The van der Waals surface area contributed by atoms with Crippen molar-refractivity contribution >= 4 is 16.1 Å². The second-order valence-corrected chi connectivity index (χ2v) is 6.65. The highest BCUT2D eigenvalue weighted by atomic mass is 32.2. The first-order valence-electron chi connectivity index (χ1n) is 5.98. The number of rotatable bonds is 8. The first kappa shape index (κ1) is 17.3. The number of carbonyl (C=O) groups excluding carboxylic acids is 1. The molecule has 7 heteroatoms. The molecular weight excluding hydrogens is 258 g/mol. The van der Waals surface area contributed by atoms with Crippen LogP contribution in [0.15, 0.2) is 0 Å². The fourth-order valence-electron chi connectivity index (χ4n) is 1.25. The van der Waals surface area contributed by atoms with Crippen molar-refractivity contribution in [2.24, 2.45) is 0 Å². The summed E-state index contributed by atoms with van der Waals surface area (Å²) in [6.45, 7) is 6.56. The standard InChI is InChI=1S/C11H23NO5S/c1-11(2,3)17-10(13)6-4-7-12-8-5-9-18(14,15)16/h12H,4-9H2,1-3H3,(H,14,15,16). The monoisotopic (exact) mass is 281 g/mol. The molecule has 0 aromatic carbocycles. The molecule has 0 fully saturated rings. The molecule has 0 spiro atoms. The highest BCUT2D eigenvalue weighted by molar-refractivity contribution is 7.85. The number of ether oxygens (including phenoxy) is 1. The Hall–Kier alpha value is -0.660. The lowest BCUT2D eigenvalue weighted by atomic mass is 10.2. The smallest absolute Gasteiger partial charge is 0.306 e. The number of carbonyl (C=O) groups is 1. The quantitative estimate of drug-likeness (QED) is 0.391. The number of hydrogen-bond donors (Lipinski definition) is 2. The van der Waals surface area contributed by atoms with Gasteiger partial charge in [-0.3, -0.25) is 9.35 Å². The van der Waals surface area contributed by atoms with E-state index in [0.29, 0.717) is 32.4 Å². The summed E-state index contributed by atoms with van der Waals surface area (Å²) in [4.78, 5) is 11.3. The van der Waals surface area contributed by atoms with E-state index in [1.807, 2.05) is 20.8 Å². The van der Waals surface area contributed by atoms with Gasteiger partial charge < -0.3 is 10.1 Å². The molecule has 0 radical (unpaired) electrons. The SMILES string of the molecule is CC(C)(C)OC(=O)CCCNCCCS(=O)(=O)O. The Morgan fingerprint density at radius 1 is 1.22 bits per heavy atom. The molecule has 6 nitrogen and oxygen atoms in total. The van der Waals surface area contributed by atoms with Crippen molar-refractivity contribution in [3.05, 3.63) is 0 Å². The third kappa shape index (κ3) is 13.4. The van der Waals surface area contributed by atoms with Crippen LogP contribution < -0.4 is 5.32 Å². The summed E-state index contributed by atoms with van der Waals surface area (Å²) in [5, 5.41) is 2.99. The Balaban J connectivity index is 3.44. The van der Waals surface area contributed by atoms with Gasteiger partial charge in [0.25, 0.3) is 10.1 Å². The fraction of sp³-hybridized carbons (Fsp3) is 0.909. The molecule has 0 bridgehead atoms. The summed E-state index contributed by atoms with van der Waals surface area (Å²) in [5.41, 5.74) is -0.458. The minimum Gasteiger partial charge on any atom is -0.460 e. The van der Waals surface area contributed by atoms with Crippen LogP contribution in [0.4, 0.5) is 0 Å². The predicted octanol–water partition coefficient (Wildman–Crippen LogP) is 0.976. The topological polar surface area (TPSA) is 92.7 Å². The Bertz CT molecular complexity index is 345. The average Bonchev–Trinajstić information content (AvgIpc) is 2.11. The summed E-state index contributed by atoms with van der Waals surface area (Å²) in [6.07, 6.45) is 1.33. The van der Waals surface area contributed by atoms with Gasteiger partial charge in [-0.05, 0) is 46.7 Å². The van der Waals surface area contributed by atoms with E-state index >= 15 is 0 Å². The summed E-state index contributed by atoms with van der Waals surface area (Å²) in [5.74, 6) is -0.478. The Kier molecular flexibility index (Phi) is 7.42. The highest BCUT2D eigenvalue weighted by Gasteiger charge is 2.15. The number of esters is 1. The molecule has 0 atom stereocenters. The molecular formula is C11H23NO5S. The zero-order valence-electron chi connectivity index (χ0n) is 11.2. The third-order valence-corrected chi connectivity index (χ3v) is 2.71. The van der Waals surface area contributed by atoms with Crippen molar-refractivity contribution in [2.45, 2.75) is 45.6 Å². The van der Waals surface area contributed by atoms with Crippen LogP contribution in [0.3, 0.4) is 0 Å². The Morgan fingerprint density at radius 3 is 2.28 bits per heavy atom. The predicted molar refractivity (Wildman–Crippen MR) is 69.0 cm³/mol. The summed E-state index contributed by atoms with van der Waals surface area (Å²) in [7, 11) is -3.86. The van der Waals surface area contributed by atoms with Crippen LogP contribution in [-0.4, -0.2) is 43.4 Å². The summed E-state index contributed by atoms with van der Waals surface area (Å²) in [6, 6.07) is 0. The normalized spacial score (nSPS) is 12.4. The van der Waals surface area contributed by atoms with Gasteiger partial charge in [0.05, 0.1) is 5.75 Å². The van der Waals surface area contributed by atoms with Gasteiger partial charge in [0.2, 0.25) is 0 Å². The van der Waals surface area contributed by atoms with E-state index in [9.17, 15) is 13.2 Å². The lowest BCUT2D eigenvalue weighted by molar-refractivity contribution is -0.154. The first-order valence-corrected chi connectivity index (χ1v) is 7.59. The minimum atomic E-state index is -3.86. The van der Waals surface area contributed by atoms with Crippen LogP contribution in [0, 0.1) is 0 Å². The van der Waals surface area contributed by atoms with E-state index in [1.54, 1.807) is 0 Å². The number of nitrogens with one attached hydrogen (secondary N) is 1. The molecule has 0 saturated carbocycles. The maximum Gasteiger partial charge on any atom is 0.306 e. The second kappa shape index (κ2) is 7.70. The van der Waals surface area contributed by atoms with Gasteiger partial charge in [-0.2, -0.15) is 8.42 Å². The lowest BCUT2D eigenvalue weighted by Crippen LogP contribution is -2.25. The highest BCUT2D eigenvalue weighted by Crippen LogP contribution is 2.08. The second-order valence-electron chi connectivity index (χ2n) is 5.08.